The van der Waals surface area contributed by atoms with Crippen LogP contribution in [-0.2, 0) is 0 Å². The normalized spacial score (nSPS) is 12.6. The number of aromatic nitrogens is 2. The molecule has 0 saturated carbocycles. The number of hydrogen-bond acceptors (Lipinski definition) is 3. The Morgan fingerprint density at radius 1 is 1.06 bits per heavy atom. The summed E-state index contributed by atoms with van der Waals surface area (Å²) >= 11 is 0. The van der Waals surface area contributed by atoms with E-state index in [0.717, 1.165) is 6.54 Å². The van der Waals surface area contributed by atoms with Crippen molar-refractivity contribution in [2.24, 2.45) is 0 Å². The number of hydrogen-bond donors (Lipinski definition) is 1. The van der Waals surface area contributed by atoms with E-state index < -0.39 is 0 Å². The summed E-state index contributed by atoms with van der Waals surface area (Å²) in [7, 11) is 0. The van der Waals surface area contributed by atoms with Crippen LogP contribution < -0.4 is 5.32 Å². The molecule has 1 atom stereocenters. The van der Waals surface area contributed by atoms with E-state index in [4.69, 9.17) is 0 Å². The van der Waals surface area contributed by atoms with Crippen molar-refractivity contribution < 1.29 is 0 Å². The van der Waals surface area contributed by atoms with Crippen LogP contribution in [-0.4, -0.2) is 16.7 Å². The van der Waals surface area contributed by atoms with Crippen molar-refractivity contribution >= 4 is 0 Å². The minimum absolute atomic E-state index is 0.446. The molecule has 0 aromatic carbocycles. The van der Waals surface area contributed by atoms with Gasteiger partial charge in [-0.05, 0) is 31.0 Å². The summed E-state index contributed by atoms with van der Waals surface area (Å²) in [5, 5.41) is 11.4. The van der Waals surface area contributed by atoms with E-state index in [0.29, 0.717) is 6.04 Å². The van der Waals surface area contributed by atoms with E-state index in [1.54, 1.807) is 6.20 Å². The Morgan fingerprint density at radius 2 is 1.89 bits per heavy atom. The van der Waals surface area contributed by atoms with Crippen LogP contribution in [0.25, 0.3) is 0 Å². The molecule has 1 aromatic heterocycles. The van der Waals surface area contributed by atoms with Crippen LogP contribution in [0.1, 0.15) is 70.4 Å². The first kappa shape index (κ1) is 15.1. The fourth-order valence-electron chi connectivity index (χ4n) is 2.16. The van der Waals surface area contributed by atoms with Crippen LogP contribution in [0.4, 0.5) is 0 Å². The summed E-state index contributed by atoms with van der Waals surface area (Å²) in [6.45, 7) is 5.53. The van der Waals surface area contributed by atoms with Crippen molar-refractivity contribution in [3.63, 3.8) is 0 Å². The molecular weight excluding hydrogens is 222 g/mol. The Hall–Kier alpha value is -0.960. The highest BCUT2D eigenvalue weighted by Gasteiger charge is 2.10. The van der Waals surface area contributed by atoms with Gasteiger partial charge in [0.1, 0.15) is 0 Å². The summed E-state index contributed by atoms with van der Waals surface area (Å²) in [6, 6.07) is 2.52. The van der Waals surface area contributed by atoms with Crippen molar-refractivity contribution in [2.45, 2.75) is 64.8 Å². The molecule has 0 amide bonds. The second-order valence-electron chi connectivity index (χ2n) is 4.89. The fourth-order valence-corrected chi connectivity index (χ4v) is 2.16. The van der Waals surface area contributed by atoms with Gasteiger partial charge in [0.25, 0.3) is 0 Å². The van der Waals surface area contributed by atoms with E-state index in [2.05, 4.69) is 35.4 Å². The minimum Gasteiger partial charge on any atom is -0.310 e. The Balaban J connectivity index is 2.36. The van der Waals surface area contributed by atoms with Gasteiger partial charge in [-0.15, -0.1) is 0 Å². The monoisotopic (exact) mass is 249 g/mol. The van der Waals surface area contributed by atoms with Gasteiger partial charge < -0.3 is 5.32 Å². The first-order valence-electron chi connectivity index (χ1n) is 7.38. The molecule has 1 unspecified atom stereocenters. The van der Waals surface area contributed by atoms with Gasteiger partial charge >= 0.3 is 0 Å². The molecule has 18 heavy (non-hydrogen) atoms. The molecule has 1 heterocycles. The van der Waals surface area contributed by atoms with Crippen molar-refractivity contribution in [3.8, 4) is 0 Å². The highest BCUT2D eigenvalue weighted by Crippen LogP contribution is 2.19. The van der Waals surface area contributed by atoms with Crippen molar-refractivity contribution in [1.29, 1.82) is 0 Å². The molecule has 1 rings (SSSR count). The highest BCUT2D eigenvalue weighted by atomic mass is 15.1. The summed E-state index contributed by atoms with van der Waals surface area (Å²) in [6.07, 6.45) is 12.7. The van der Waals surface area contributed by atoms with Crippen LogP contribution in [0, 0.1) is 0 Å². The van der Waals surface area contributed by atoms with E-state index >= 15 is 0 Å². The Morgan fingerprint density at radius 3 is 2.56 bits per heavy atom. The van der Waals surface area contributed by atoms with Crippen LogP contribution in [0.3, 0.4) is 0 Å². The average molecular weight is 249 g/mol. The van der Waals surface area contributed by atoms with E-state index in [9.17, 15) is 0 Å². The van der Waals surface area contributed by atoms with E-state index in [1.807, 2.05) is 6.20 Å². The molecule has 1 aromatic rings. The van der Waals surface area contributed by atoms with Crippen LogP contribution >= 0.6 is 0 Å². The van der Waals surface area contributed by atoms with Gasteiger partial charge in [-0.25, -0.2) is 0 Å². The fraction of sp³-hybridized carbons (Fsp3) is 0.733. The van der Waals surface area contributed by atoms with Gasteiger partial charge in [-0.1, -0.05) is 46.0 Å². The summed E-state index contributed by atoms with van der Waals surface area (Å²) in [5.41, 5.74) is 1.27. The molecule has 0 aliphatic rings. The lowest BCUT2D eigenvalue weighted by Gasteiger charge is -2.18. The second kappa shape index (κ2) is 10.0. The molecule has 0 bridgehead atoms. The minimum atomic E-state index is 0.446. The highest BCUT2D eigenvalue weighted by molar-refractivity contribution is 5.11. The molecule has 3 nitrogen and oxygen atoms in total. The Bertz CT molecular complexity index is 287. The zero-order valence-corrected chi connectivity index (χ0v) is 11.9. The molecule has 3 heteroatoms. The van der Waals surface area contributed by atoms with E-state index in [1.165, 1.54) is 50.5 Å². The molecule has 0 spiro atoms. The lowest BCUT2D eigenvalue weighted by Crippen LogP contribution is -2.22. The maximum atomic E-state index is 3.98. The van der Waals surface area contributed by atoms with Crippen molar-refractivity contribution in [1.82, 2.24) is 15.5 Å². The number of nitrogens with one attached hydrogen (secondary N) is 1. The number of nitrogens with zero attached hydrogens (tertiary/aromatic N) is 2. The molecular formula is C15H27N3. The third-order valence-electron chi connectivity index (χ3n) is 3.25. The molecule has 0 saturated heterocycles. The first-order chi connectivity index (χ1) is 8.88. The topological polar surface area (TPSA) is 37.8 Å². The maximum Gasteiger partial charge on any atom is 0.0544 e. The summed E-state index contributed by atoms with van der Waals surface area (Å²) < 4.78 is 0. The molecule has 102 valence electrons. The third kappa shape index (κ3) is 6.10. The van der Waals surface area contributed by atoms with Crippen LogP contribution in [0.15, 0.2) is 18.5 Å². The quantitative estimate of drug-likeness (QED) is 0.639. The number of unbranched alkanes of at least 4 members (excludes halogenated alkanes) is 4. The molecule has 0 aliphatic carbocycles. The molecule has 0 aliphatic heterocycles. The van der Waals surface area contributed by atoms with Gasteiger partial charge in [0.15, 0.2) is 0 Å². The largest absolute Gasteiger partial charge is 0.310 e. The maximum absolute atomic E-state index is 3.98. The predicted octanol–water partition coefficient (Wildman–Crippen LogP) is 3.88. The average Bonchev–Trinajstić information content (AvgIpc) is 2.43. The SMILES string of the molecule is CCCCCCCC(NCCC)c1ccnnc1. The van der Waals surface area contributed by atoms with Gasteiger partial charge in [-0.2, -0.15) is 10.2 Å². The molecule has 0 radical (unpaired) electrons. The lowest BCUT2D eigenvalue weighted by molar-refractivity contribution is 0.466. The van der Waals surface area contributed by atoms with Crippen molar-refractivity contribution in [2.75, 3.05) is 6.54 Å². The molecule has 0 fully saturated rings. The Kier molecular flexibility index (Phi) is 8.40. The van der Waals surface area contributed by atoms with Crippen LogP contribution in [0.2, 0.25) is 0 Å². The smallest absolute Gasteiger partial charge is 0.0544 e. The number of rotatable bonds is 10. The summed E-state index contributed by atoms with van der Waals surface area (Å²) in [4.78, 5) is 0. The lowest BCUT2D eigenvalue weighted by atomic mass is 10.0. The van der Waals surface area contributed by atoms with E-state index in [-0.39, 0.29) is 0 Å². The standard InChI is InChI=1S/C15H27N3/c1-3-5-6-7-8-9-15(16-11-4-2)14-10-12-17-18-13-14/h10,12-13,15-16H,3-9,11H2,1-2H3. The van der Waals surface area contributed by atoms with Gasteiger partial charge in [0.05, 0.1) is 6.20 Å². The molecule has 1 N–H and O–H groups in total. The van der Waals surface area contributed by atoms with Crippen molar-refractivity contribution in [3.05, 3.63) is 24.0 Å². The first-order valence-corrected chi connectivity index (χ1v) is 7.38. The summed E-state index contributed by atoms with van der Waals surface area (Å²) in [5.74, 6) is 0. The Labute approximate surface area is 111 Å². The van der Waals surface area contributed by atoms with Gasteiger partial charge in [0, 0.05) is 12.2 Å². The zero-order chi connectivity index (χ0) is 13.1. The zero-order valence-electron chi connectivity index (χ0n) is 11.9. The third-order valence-corrected chi connectivity index (χ3v) is 3.25. The van der Waals surface area contributed by atoms with Gasteiger partial charge in [-0.3, -0.25) is 0 Å². The second-order valence-corrected chi connectivity index (χ2v) is 4.89. The van der Waals surface area contributed by atoms with Crippen LogP contribution in [0.5, 0.6) is 0 Å². The predicted molar refractivity (Wildman–Crippen MR) is 76.4 cm³/mol. The van der Waals surface area contributed by atoms with Gasteiger partial charge in [0.2, 0.25) is 0 Å².